The average Bonchev–Trinajstić information content (AvgIpc) is 2.32. The van der Waals surface area contributed by atoms with E-state index in [1.165, 1.54) is 11.3 Å². The molecule has 1 saturated heterocycles. The first-order valence-corrected chi connectivity index (χ1v) is 7.25. The highest BCUT2D eigenvalue weighted by atomic mass is 79.9. The Labute approximate surface area is 118 Å². The van der Waals surface area contributed by atoms with Crippen LogP contribution in [0.3, 0.4) is 0 Å². The quantitative estimate of drug-likeness (QED) is 0.909. The molecule has 1 heterocycles. The van der Waals surface area contributed by atoms with E-state index in [-0.39, 0.29) is 0 Å². The Bertz CT molecular complexity index is 422. The van der Waals surface area contributed by atoms with Crippen molar-refractivity contribution in [1.29, 1.82) is 0 Å². The summed E-state index contributed by atoms with van der Waals surface area (Å²) < 4.78 is 1.14. The van der Waals surface area contributed by atoms with E-state index in [2.05, 4.69) is 64.8 Å². The summed E-state index contributed by atoms with van der Waals surface area (Å²) in [5.74, 6) is 0. The van der Waals surface area contributed by atoms with Crippen molar-refractivity contribution in [3.8, 4) is 0 Å². The lowest BCUT2D eigenvalue weighted by molar-refractivity contribution is 0.162. The van der Waals surface area contributed by atoms with E-state index in [9.17, 15) is 0 Å². The first-order chi connectivity index (χ1) is 8.52. The zero-order valence-corrected chi connectivity index (χ0v) is 12.9. The number of piperazine rings is 1. The second kappa shape index (κ2) is 5.59. The predicted octanol–water partition coefficient (Wildman–Crippen LogP) is 2.23. The third-order valence-electron chi connectivity index (χ3n) is 3.96. The Morgan fingerprint density at radius 3 is 2.72 bits per heavy atom. The summed E-state index contributed by atoms with van der Waals surface area (Å²) >= 11 is 3.52. The highest BCUT2D eigenvalue weighted by Crippen LogP contribution is 2.27. The third kappa shape index (κ3) is 2.71. The molecule has 2 rings (SSSR count). The third-order valence-corrected chi connectivity index (χ3v) is 4.45. The van der Waals surface area contributed by atoms with Crippen molar-refractivity contribution in [3.63, 3.8) is 0 Å². The molecule has 0 bridgehead atoms. The van der Waals surface area contributed by atoms with Gasteiger partial charge in [0, 0.05) is 41.9 Å². The number of halogens is 1. The summed E-state index contributed by atoms with van der Waals surface area (Å²) in [6.07, 6.45) is 0. The van der Waals surface area contributed by atoms with Gasteiger partial charge >= 0.3 is 0 Å². The molecule has 1 aliphatic heterocycles. The molecule has 2 unspecified atom stereocenters. The molecular formula is C14H22BrN3. The fourth-order valence-corrected chi connectivity index (χ4v) is 3.15. The molecule has 0 aromatic heterocycles. The summed E-state index contributed by atoms with van der Waals surface area (Å²) in [4.78, 5) is 4.86. The van der Waals surface area contributed by atoms with Gasteiger partial charge in [-0.1, -0.05) is 15.9 Å². The number of nitrogens with two attached hydrogens (primary N) is 1. The van der Waals surface area contributed by atoms with Crippen LogP contribution in [0.15, 0.2) is 22.7 Å². The van der Waals surface area contributed by atoms with Crippen LogP contribution in [0.25, 0.3) is 0 Å². The molecule has 18 heavy (non-hydrogen) atoms. The van der Waals surface area contributed by atoms with Crippen LogP contribution in [-0.2, 0) is 0 Å². The Balaban J connectivity index is 2.23. The second-order valence-corrected chi connectivity index (χ2v) is 6.16. The van der Waals surface area contributed by atoms with Crippen molar-refractivity contribution in [1.82, 2.24) is 4.90 Å². The van der Waals surface area contributed by atoms with Gasteiger partial charge in [-0.2, -0.15) is 0 Å². The highest BCUT2D eigenvalue weighted by Gasteiger charge is 2.29. The molecule has 2 N–H and O–H groups in total. The number of hydrogen-bond donors (Lipinski definition) is 1. The minimum absolute atomic E-state index is 0.441. The lowest BCUT2D eigenvalue weighted by atomic mass is 10.1. The number of nitrogens with zero attached hydrogens (tertiary/aromatic N) is 2. The summed E-state index contributed by atoms with van der Waals surface area (Å²) in [6.45, 7) is 7.23. The molecule has 1 aromatic rings. The van der Waals surface area contributed by atoms with Gasteiger partial charge in [0.05, 0.1) is 0 Å². The van der Waals surface area contributed by atoms with Crippen LogP contribution in [0.2, 0.25) is 0 Å². The summed E-state index contributed by atoms with van der Waals surface area (Å²) in [5, 5.41) is 0. The largest absolute Gasteiger partial charge is 0.368 e. The van der Waals surface area contributed by atoms with Gasteiger partial charge in [0.1, 0.15) is 0 Å². The van der Waals surface area contributed by atoms with Crippen LogP contribution < -0.4 is 10.6 Å². The van der Waals surface area contributed by atoms with Gasteiger partial charge < -0.3 is 10.6 Å². The number of likely N-dealkylation sites (N-methyl/N-ethyl adjacent to an activating group) is 1. The number of hydrogen-bond acceptors (Lipinski definition) is 3. The van der Waals surface area contributed by atoms with Gasteiger partial charge in [-0.05, 0) is 44.7 Å². The minimum atomic E-state index is 0.441. The fourth-order valence-electron chi connectivity index (χ4n) is 2.68. The Hall–Kier alpha value is -0.580. The molecule has 1 aliphatic rings. The molecule has 3 nitrogen and oxygen atoms in total. The number of benzene rings is 1. The summed E-state index contributed by atoms with van der Waals surface area (Å²) in [5.41, 5.74) is 8.53. The SMILES string of the molecule is Cc1cc(Br)ccc1N1CC(C)N(C)C(CN)C1. The molecule has 0 spiro atoms. The molecule has 0 radical (unpaired) electrons. The van der Waals surface area contributed by atoms with Crippen LogP contribution in [0.5, 0.6) is 0 Å². The van der Waals surface area contributed by atoms with Crippen LogP contribution in [0.1, 0.15) is 12.5 Å². The van der Waals surface area contributed by atoms with Crippen molar-refractivity contribution < 1.29 is 0 Å². The fraction of sp³-hybridized carbons (Fsp3) is 0.571. The smallest absolute Gasteiger partial charge is 0.0397 e. The lowest BCUT2D eigenvalue weighted by Crippen LogP contribution is -2.58. The normalized spacial score (nSPS) is 25.5. The van der Waals surface area contributed by atoms with E-state index in [0.29, 0.717) is 18.6 Å². The van der Waals surface area contributed by atoms with Crippen molar-refractivity contribution in [2.75, 3.05) is 31.6 Å². The first-order valence-electron chi connectivity index (χ1n) is 6.46. The lowest BCUT2D eigenvalue weighted by Gasteiger charge is -2.45. The molecule has 4 heteroatoms. The molecule has 0 saturated carbocycles. The summed E-state index contributed by atoms with van der Waals surface area (Å²) in [6, 6.07) is 7.47. The van der Waals surface area contributed by atoms with E-state index in [0.717, 1.165) is 17.6 Å². The molecule has 100 valence electrons. The van der Waals surface area contributed by atoms with Gasteiger partial charge in [0.25, 0.3) is 0 Å². The van der Waals surface area contributed by atoms with E-state index < -0.39 is 0 Å². The molecule has 1 aromatic carbocycles. The van der Waals surface area contributed by atoms with Crippen molar-refractivity contribution in [2.45, 2.75) is 25.9 Å². The first kappa shape index (κ1) is 13.8. The monoisotopic (exact) mass is 311 g/mol. The van der Waals surface area contributed by atoms with Crippen LogP contribution >= 0.6 is 15.9 Å². The van der Waals surface area contributed by atoms with Gasteiger partial charge in [-0.15, -0.1) is 0 Å². The van der Waals surface area contributed by atoms with Crippen molar-refractivity contribution in [3.05, 3.63) is 28.2 Å². The van der Waals surface area contributed by atoms with E-state index in [4.69, 9.17) is 5.73 Å². The number of aryl methyl sites for hydroxylation is 1. The number of anilines is 1. The second-order valence-electron chi connectivity index (χ2n) is 5.24. The average molecular weight is 312 g/mol. The van der Waals surface area contributed by atoms with E-state index in [1.807, 2.05) is 0 Å². The molecule has 0 amide bonds. The molecule has 1 fully saturated rings. The Morgan fingerprint density at radius 2 is 2.11 bits per heavy atom. The van der Waals surface area contributed by atoms with Gasteiger partial charge in [0.15, 0.2) is 0 Å². The van der Waals surface area contributed by atoms with E-state index >= 15 is 0 Å². The van der Waals surface area contributed by atoms with Gasteiger partial charge in [-0.25, -0.2) is 0 Å². The Morgan fingerprint density at radius 1 is 1.39 bits per heavy atom. The van der Waals surface area contributed by atoms with Crippen LogP contribution in [0, 0.1) is 6.92 Å². The van der Waals surface area contributed by atoms with Crippen LogP contribution in [-0.4, -0.2) is 43.7 Å². The maximum Gasteiger partial charge on any atom is 0.0397 e. The topological polar surface area (TPSA) is 32.5 Å². The van der Waals surface area contributed by atoms with Gasteiger partial charge in [0.2, 0.25) is 0 Å². The van der Waals surface area contributed by atoms with Gasteiger partial charge in [-0.3, -0.25) is 4.90 Å². The minimum Gasteiger partial charge on any atom is -0.368 e. The molecule has 0 aliphatic carbocycles. The zero-order chi connectivity index (χ0) is 13.3. The van der Waals surface area contributed by atoms with E-state index in [1.54, 1.807) is 0 Å². The highest BCUT2D eigenvalue weighted by molar-refractivity contribution is 9.10. The molecule has 2 atom stereocenters. The Kier molecular flexibility index (Phi) is 4.30. The van der Waals surface area contributed by atoms with Crippen molar-refractivity contribution in [2.24, 2.45) is 5.73 Å². The standard InChI is InChI=1S/C14H22BrN3/c1-10-6-12(15)4-5-14(10)18-8-11(2)17(3)13(7-16)9-18/h4-6,11,13H,7-9,16H2,1-3H3. The number of rotatable bonds is 2. The zero-order valence-electron chi connectivity index (χ0n) is 11.4. The maximum atomic E-state index is 5.88. The predicted molar refractivity (Wildman–Crippen MR) is 81.2 cm³/mol. The summed E-state index contributed by atoms with van der Waals surface area (Å²) in [7, 11) is 2.17. The molecular weight excluding hydrogens is 290 g/mol. The van der Waals surface area contributed by atoms with Crippen molar-refractivity contribution >= 4 is 21.6 Å². The maximum absolute atomic E-state index is 5.88. The van der Waals surface area contributed by atoms with Crippen LogP contribution in [0.4, 0.5) is 5.69 Å².